The van der Waals surface area contributed by atoms with Gasteiger partial charge in [-0.05, 0) is 57.4 Å². The van der Waals surface area contributed by atoms with E-state index in [-0.39, 0.29) is 17.3 Å². The van der Waals surface area contributed by atoms with E-state index in [0.717, 1.165) is 43.5 Å². The molecule has 1 aromatic carbocycles. The largest absolute Gasteiger partial charge is 0.331 e. The highest BCUT2D eigenvalue weighted by Crippen LogP contribution is 2.29. The Kier molecular flexibility index (Phi) is 5.88. The second-order valence-electron chi connectivity index (χ2n) is 8.67. The quantitative estimate of drug-likeness (QED) is 0.326. The Morgan fingerprint density at radius 2 is 1.76 bits per heavy atom. The molecular formula is C24H26N4O5. The van der Waals surface area contributed by atoms with Crippen LogP contribution in [0.1, 0.15) is 54.6 Å². The van der Waals surface area contributed by atoms with Gasteiger partial charge in [-0.1, -0.05) is 25.3 Å². The van der Waals surface area contributed by atoms with Crippen molar-refractivity contribution in [2.24, 2.45) is 0 Å². The molecule has 1 saturated carbocycles. The maximum absolute atomic E-state index is 13.2. The zero-order chi connectivity index (χ0) is 23.9. The summed E-state index contributed by atoms with van der Waals surface area (Å²) in [6.07, 6.45) is 5.94. The maximum Gasteiger partial charge on any atom is 0.331 e. The van der Waals surface area contributed by atoms with E-state index in [1.54, 1.807) is 19.1 Å². The number of benzene rings is 1. The van der Waals surface area contributed by atoms with E-state index in [0.29, 0.717) is 16.8 Å². The lowest BCUT2D eigenvalue weighted by atomic mass is 9.93. The molecule has 1 N–H and O–H groups in total. The fourth-order valence-corrected chi connectivity index (χ4v) is 4.76. The Morgan fingerprint density at radius 1 is 1.06 bits per heavy atom. The Bertz CT molecular complexity index is 1200. The van der Waals surface area contributed by atoms with Gasteiger partial charge >= 0.3 is 6.03 Å². The van der Waals surface area contributed by atoms with Gasteiger partial charge in [-0.15, -0.1) is 0 Å². The van der Waals surface area contributed by atoms with Crippen molar-refractivity contribution in [3.05, 3.63) is 62.5 Å². The van der Waals surface area contributed by atoms with Crippen molar-refractivity contribution in [3.8, 4) is 5.69 Å². The van der Waals surface area contributed by atoms with E-state index in [9.17, 15) is 24.5 Å². The van der Waals surface area contributed by atoms with Gasteiger partial charge < -0.3 is 4.57 Å². The zero-order valence-electron chi connectivity index (χ0n) is 18.9. The third-order valence-electron chi connectivity index (χ3n) is 6.49. The first-order chi connectivity index (χ1) is 15.7. The lowest BCUT2D eigenvalue weighted by Gasteiger charge is -2.35. The van der Waals surface area contributed by atoms with E-state index < -0.39 is 22.8 Å². The highest BCUT2D eigenvalue weighted by atomic mass is 16.6. The molecule has 33 heavy (non-hydrogen) atoms. The number of nitrogens with one attached hydrogen (secondary N) is 1. The summed E-state index contributed by atoms with van der Waals surface area (Å²) in [6.45, 7) is 5.35. The number of barbiturate groups is 1. The van der Waals surface area contributed by atoms with E-state index in [1.165, 1.54) is 17.0 Å². The number of aryl methyl sites for hydroxylation is 2. The number of hydrogen-bond donors (Lipinski definition) is 1. The number of amides is 4. The number of carbonyl (C=O) groups is 3. The summed E-state index contributed by atoms with van der Waals surface area (Å²) in [6, 6.07) is 5.94. The Morgan fingerprint density at radius 3 is 2.42 bits per heavy atom. The molecule has 2 aliphatic rings. The summed E-state index contributed by atoms with van der Waals surface area (Å²) in [4.78, 5) is 50.3. The smallest absolute Gasteiger partial charge is 0.318 e. The number of carbonyl (C=O) groups excluding carboxylic acids is 3. The predicted molar refractivity (Wildman–Crippen MR) is 122 cm³/mol. The average Bonchev–Trinajstić information content (AvgIpc) is 3.05. The zero-order valence-corrected chi connectivity index (χ0v) is 18.9. The molecule has 4 rings (SSSR count). The number of urea groups is 1. The SMILES string of the molecule is Cc1ccc(-n2c(C)cc(C=C3C(=O)NC(=O)N(C4CCCCC4)C3=O)c2C)cc1[N+](=O)[O-]. The molecule has 1 aliphatic carbocycles. The van der Waals surface area contributed by atoms with Gasteiger partial charge in [0.1, 0.15) is 5.57 Å². The van der Waals surface area contributed by atoms with Crippen molar-refractivity contribution < 1.29 is 19.3 Å². The molecule has 2 heterocycles. The fraction of sp³-hybridized carbons (Fsp3) is 0.375. The van der Waals surface area contributed by atoms with Crippen molar-refractivity contribution in [1.82, 2.24) is 14.8 Å². The molecule has 172 valence electrons. The number of nitro groups is 1. The summed E-state index contributed by atoms with van der Waals surface area (Å²) < 4.78 is 1.84. The molecule has 9 nitrogen and oxygen atoms in total. The molecular weight excluding hydrogens is 424 g/mol. The van der Waals surface area contributed by atoms with Crippen LogP contribution in [0, 0.1) is 30.9 Å². The summed E-state index contributed by atoms with van der Waals surface area (Å²) in [5, 5.41) is 13.7. The minimum absolute atomic E-state index is 0.0170. The molecule has 0 bridgehead atoms. The van der Waals surface area contributed by atoms with Gasteiger partial charge in [-0.3, -0.25) is 29.9 Å². The van der Waals surface area contributed by atoms with Gasteiger partial charge in [0.2, 0.25) is 0 Å². The van der Waals surface area contributed by atoms with Gasteiger partial charge in [-0.2, -0.15) is 0 Å². The molecule has 4 amide bonds. The van der Waals surface area contributed by atoms with Crippen LogP contribution in [-0.4, -0.2) is 38.3 Å². The van der Waals surface area contributed by atoms with Crippen LogP contribution in [0.3, 0.4) is 0 Å². The summed E-state index contributed by atoms with van der Waals surface area (Å²) in [5.41, 5.74) is 3.25. The lowest BCUT2D eigenvalue weighted by Crippen LogP contribution is -2.58. The molecule has 0 spiro atoms. The molecule has 2 aromatic rings. The van der Waals surface area contributed by atoms with Crippen LogP contribution >= 0.6 is 0 Å². The van der Waals surface area contributed by atoms with E-state index in [4.69, 9.17) is 0 Å². The van der Waals surface area contributed by atoms with Crippen molar-refractivity contribution in [2.75, 3.05) is 0 Å². The van der Waals surface area contributed by atoms with Gasteiger partial charge in [-0.25, -0.2) is 4.79 Å². The van der Waals surface area contributed by atoms with Gasteiger partial charge in [0.05, 0.1) is 10.6 Å². The summed E-state index contributed by atoms with van der Waals surface area (Å²) in [5.74, 6) is -1.29. The van der Waals surface area contributed by atoms with Crippen molar-refractivity contribution in [1.29, 1.82) is 0 Å². The number of imide groups is 2. The van der Waals surface area contributed by atoms with Gasteiger partial charge in [0, 0.05) is 29.1 Å². The topological polar surface area (TPSA) is 115 Å². The monoisotopic (exact) mass is 450 g/mol. The van der Waals surface area contributed by atoms with E-state index in [1.807, 2.05) is 24.5 Å². The number of hydrogen-bond acceptors (Lipinski definition) is 5. The second kappa shape index (κ2) is 8.65. The molecule has 0 radical (unpaired) electrons. The summed E-state index contributed by atoms with van der Waals surface area (Å²) in [7, 11) is 0. The fourth-order valence-electron chi connectivity index (χ4n) is 4.76. The maximum atomic E-state index is 13.2. The van der Waals surface area contributed by atoms with Crippen LogP contribution in [0.4, 0.5) is 10.5 Å². The molecule has 0 atom stereocenters. The van der Waals surface area contributed by atoms with Gasteiger partial charge in [0.15, 0.2) is 0 Å². The number of aromatic nitrogens is 1. The number of nitrogens with zero attached hydrogens (tertiary/aromatic N) is 3. The van der Waals surface area contributed by atoms with Crippen LogP contribution in [0.25, 0.3) is 11.8 Å². The minimum atomic E-state index is -0.715. The van der Waals surface area contributed by atoms with Crippen LogP contribution in [0.15, 0.2) is 29.8 Å². The molecule has 0 unspecified atom stereocenters. The second-order valence-corrected chi connectivity index (χ2v) is 8.67. The molecule has 1 saturated heterocycles. The third-order valence-corrected chi connectivity index (χ3v) is 6.49. The normalized spacial score (nSPS) is 18.7. The van der Waals surface area contributed by atoms with Crippen LogP contribution in [0.5, 0.6) is 0 Å². The standard InChI is InChI=1S/C24H26N4O5/c1-14-9-10-19(13-21(14)28(32)33)26-15(2)11-17(16(26)3)12-20-22(29)25-24(31)27(23(20)30)18-7-5-4-6-8-18/h9-13,18H,4-8H2,1-3H3,(H,25,29,31). The lowest BCUT2D eigenvalue weighted by molar-refractivity contribution is -0.385. The third kappa shape index (κ3) is 4.06. The first-order valence-corrected chi connectivity index (χ1v) is 11.0. The number of nitro benzene ring substituents is 1. The Labute approximate surface area is 191 Å². The van der Waals surface area contributed by atoms with Crippen molar-refractivity contribution in [3.63, 3.8) is 0 Å². The molecule has 2 fully saturated rings. The molecule has 1 aromatic heterocycles. The van der Waals surface area contributed by atoms with E-state index >= 15 is 0 Å². The minimum Gasteiger partial charge on any atom is -0.318 e. The highest BCUT2D eigenvalue weighted by molar-refractivity contribution is 6.31. The van der Waals surface area contributed by atoms with Crippen LogP contribution in [-0.2, 0) is 9.59 Å². The Balaban J connectivity index is 1.73. The van der Waals surface area contributed by atoms with Gasteiger partial charge in [0.25, 0.3) is 17.5 Å². The molecule has 1 aliphatic heterocycles. The number of rotatable bonds is 4. The van der Waals surface area contributed by atoms with Crippen molar-refractivity contribution in [2.45, 2.75) is 58.9 Å². The van der Waals surface area contributed by atoms with Crippen LogP contribution < -0.4 is 5.32 Å². The van der Waals surface area contributed by atoms with Crippen molar-refractivity contribution >= 4 is 29.6 Å². The average molecular weight is 450 g/mol. The highest BCUT2D eigenvalue weighted by Gasteiger charge is 2.40. The Hall–Kier alpha value is -3.75. The van der Waals surface area contributed by atoms with Crippen LogP contribution in [0.2, 0.25) is 0 Å². The first-order valence-electron chi connectivity index (χ1n) is 11.0. The van der Waals surface area contributed by atoms with E-state index in [2.05, 4.69) is 5.32 Å². The molecule has 9 heteroatoms. The predicted octanol–water partition coefficient (Wildman–Crippen LogP) is 4.11. The summed E-state index contributed by atoms with van der Waals surface area (Å²) >= 11 is 0. The first kappa shape index (κ1) is 22.4.